The zero-order valence-corrected chi connectivity index (χ0v) is 11.5. The molecule has 1 aromatic rings. The summed E-state index contributed by atoms with van der Waals surface area (Å²) in [5.41, 5.74) is -0.653. The van der Waals surface area contributed by atoms with E-state index in [-0.39, 0.29) is 17.1 Å². The van der Waals surface area contributed by atoms with Crippen LogP contribution in [0.3, 0.4) is 0 Å². The highest BCUT2D eigenvalue weighted by atomic mass is 35.5. The Morgan fingerprint density at radius 1 is 1.60 bits per heavy atom. The van der Waals surface area contributed by atoms with Crippen molar-refractivity contribution in [1.82, 2.24) is 0 Å². The summed E-state index contributed by atoms with van der Waals surface area (Å²) in [7, 11) is 0. The maximum absolute atomic E-state index is 13.4. The minimum Gasteiger partial charge on any atom is -0.480 e. The van der Waals surface area contributed by atoms with E-state index >= 15 is 0 Å². The van der Waals surface area contributed by atoms with Crippen molar-refractivity contribution >= 4 is 28.9 Å². The van der Waals surface area contributed by atoms with Gasteiger partial charge < -0.3 is 10.4 Å². The first kappa shape index (κ1) is 16.2. The van der Waals surface area contributed by atoms with Crippen molar-refractivity contribution in [3.8, 4) is 0 Å². The van der Waals surface area contributed by atoms with Crippen LogP contribution >= 0.6 is 11.6 Å². The van der Waals surface area contributed by atoms with Crippen molar-refractivity contribution in [1.29, 1.82) is 0 Å². The fourth-order valence-corrected chi connectivity index (χ4v) is 1.81. The van der Waals surface area contributed by atoms with Gasteiger partial charge in [0.2, 0.25) is 0 Å². The van der Waals surface area contributed by atoms with Crippen LogP contribution in [0.15, 0.2) is 12.1 Å². The number of anilines is 1. The first-order valence-electron chi connectivity index (χ1n) is 5.99. The molecule has 0 aromatic heterocycles. The summed E-state index contributed by atoms with van der Waals surface area (Å²) in [6.45, 7) is 1.89. The average Bonchev–Trinajstić information content (AvgIpc) is 2.37. The zero-order chi connectivity index (χ0) is 15.3. The molecule has 0 fully saturated rings. The molecule has 6 nitrogen and oxygen atoms in total. The topological polar surface area (TPSA) is 92.5 Å². The molecule has 0 heterocycles. The molecule has 110 valence electrons. The fourth-order valence-electron chi connectivity index (χ4n) is 1.66. The van der Waals surface area contributed by atoms with Gasteiger partial charge in [0, 0.05) is 12.1 Å². The Morgan fingerprint density at radius 2 is 2.25 bits per heavy atom. The number of hydrogen-bond acceptors (Lipinski definition) is 4. The third-order valence-electron chi connectivity index (χ3n) is 2.71. The molecule has 0 aliphatic rings. The van der Waals surface area contributed by atoms with Crippen molar-refractivity contribution < 1.29 is 19.2 Å². The van der Waals surface area contributed by atoms with Gasteiger partial charge in [0.15, 0.2) is 0 Å². The maximum Gasteiger partial charge on any atom is 0.326 e. The third-order valence-corrected chi connectivity index (χ3v) is 3.00. The number of nitro groups is 1. The van der Waals surface area contributed by atoms with Crippen LogP contribution in [0.4, 0.5) is 15.8 Å². The van der Waals surface area contributed by atoms with Crippen molar-refractivity contribution in [3.63, 3.8) is 0 Å². The number of carboxylic acids is 1. The molecule has 0 aliphatic carbocycles. The lowest BCUT2D eigenvalue weighted by atomic mass is 10.1. The largest absolute Gasteiger partial charge is 0.480 e. The molecular weight excluding hydrogens is 291 g/mol. The van der Waals surface area contributed by atoms with Crippen LogP contribution in [-0.4, -0.2) is 22.0 Å². The van der Waals surface area contributed by atoms with Gasteiger partial charge in [-0.15, -0.1) is 0 Å². The predicted molar refractivity (Wildman–Crippen MR) is 72.6 cm³/mol. The number of halogens is 2. The molecule has 1 atom stereocenters. The molecule has 0 aliphatic heterocycles. The summed E-state index contributed by atoms with van der Waals surface area (Å²) in [5, 5.41) is 22.1. The van der Waals surface area contributed by atoms with E-state index in [9.17, 15) is 19.3 Å². The molecule has 0 bridgehead atoms. The van der Waals surface area contributed by atoms with Crippen LogP contribution in [0, 0.1) is 15.9 Å². The zero-order valence-electron chi connectivity index (χ0n) is 10.7. The van der Waals surface area contributed by atoms with Gasteiger partial charge in [-0.1, -0.05) is 31.4 Å². The maximum atomic E-state index is 13.4. The minimum absolute atomic E-state index is 0.194. The lowest BCUT2D eigenvalue weighted by molar-refractivity contribution is -0.384. The summed E-state index contributed by atoms with van der Waals surface area (Å²) in [6, 6.07) is 0.676. The summed E-state index contributed by atoms with van der Waals surface area (Å²) < 4.78 is 13.4. The second kappa shape index (κ2) is 7.04. The van der Waals surface area contributed by atoms with Crippen LogP contribution in [-0.2, 0) is 4.79 Å². The molecule has 1 rings (SSSR count). The van der Waals surface area contributed by atoms with E-state index in [0.717, 1.165) is 18.6 Å². The Balaban J connectivity index is 3.07. The summed E-state index contributed by atoms with van der Waals surface area (Å²) >= 11 is 5.49. The standard InChI is InChI=1S/C12H14ClFN2O4/c1-2-3-4-9(12(17)18)15-10-6-8(14)7(13)5-11(10)16(19)20/h5-6,9,15H,2-4H2,1H3,(H,17,18). The van der Waals surface area contributed by atoms with Crippen molar-refractivity contribution in [2.75, 3.05) is 5.32 Å². The van der Waals surface area contributed by atoms with E-state index in [2.05, 4.69) is 5.32 Å². The third kappa shape index (κ3) is 4.06. The molecule has 20 heavy (non-hydrogen) atoms. The Labute approximate surface area is 119 Å². The van der Waals surface area contributed by atoms with Gasteiger partial charge in [0.25, 0.3) is 5.69 Å². The van der Waals surface area contributed by atoms with Crippen molar-refractivity contribution in [3.05, 3.63) is 33.1 Å². The average molecular weight is 305 g/mol. The number of nitrogens with zero attached hydrogens (tertiary/aromatic N) is 1. The van der Waals surface area contributed by atoms with Gasteiger partial charge in [-0.2, -0.15) is 0 Å². The normalized spacial score (nSPS) is 11.9. The molecule has 0 spiro atoms. The highest BCUT2D eigenvalue weighted by Crippen LogP contribution is 2.31. The predicted octanol–water partition coefficient (Wildman–Crippen LogP) is 3.44. The van der Waals surface area contributed by atoms with E-state index in [1.807, 2.05) is 6.92 Å². The van der Waals surface area contributed by atoms with Crippen LogP contribution in [0.2, 0.25) is 5.02 Å². The Morgan fingerprint density at radius 3 is 2.75 bits per heavy atom. The van der Waals surface area contributed by atoms with Crippen LogP contribution < -0.4 is 5.32 Å². The van der Waals surface area contributed by atoms with Crippen LogP contribution in [0.1, 0.15) is 26.2 Å². The summed E-state index contributed by atoms with van der Waals surface area (Å²) in [5.74, 6) is -2.00. The van der Waals surface area contributed by atoms with Crippen LogP contribution in [0.25, 0.3) is 0 Å². The quantitative estimate of drug-likeness (QED) is 0.594. The molecule has 0 saturated heterocycles. The van der Waals surface area contributed by atoms with Gasteiger partial charge in [-0.25, -0.2) is 9.18 Å². The number of rotatable bonds is 7. The number of nitrogens with one attached hydrogen (secondary N) is 1. The molecular formula is C12H14ClFN2O4. The highest BCUT2D eigenvalue weighted by Gasteiger charge is 2.23. The summed E-state index contributed by atoms with van der Waals surface area (Å²) in [6.07, 6.45) is 1.70. The minimum atomic E-state index is -1.15. The van der Waals surface area contributed by atoms with E-state index in [0.29, 0.717) is 6.42 Å². The number of aliphatic carboxylic acids is 1. The van der Waals surface area contributed by atoms with Crippen LogP contribution in [0.5, 0.6) is 0 Å². The number of hydrogen-bond donors (Lipinski definition) is 2. The lowest BCUT2D eigenvalue weighted by Gasteiger charge is -2.15. The first-order valence-corrected chi connectivity index (χ1v) is 6.37. The molecule has 1 aromatic carbocycles. The molecule has 8 heteroatoms. The fraction of sp³-hybridized carbons (Fsp3) is 0.417. The molecule has 0 amide bonds. The number of nitro benzene ring substituents is 1. The SMILES string of the molecule is CCCCC(Nc1cc(F)c(Cl)cc1[N+](=O)[O-])C(=O)O. The number of carbonyl (C=O) groups is 1. The second-order valence-corrected chi connectivity index (χ2v) is 4.63. The smallest absolute Gasteiger partial charge is 0.326 e. The first-order chi connectivity index (χ1) is 9.36. The number of benzene rings is 1. The monoisotopic (exact) mass is 304 g/mol. The molecule has 1 unspecified atom stereocenters. The van der Waals surface area contributed by atoms with E-state index in [1.54, 1.807) is 0 Å². The molecule has 0 saturated carbocycles. The highest BCUT2D eigenvalue weighted by molar-refractivity contribution is 6.31. The Kier molecular flexibility index (Phi) is 5.69. The van der Waals surface area contributed by atoms with Gasteiger partial charge in [-0.3, -0.25) is 10.1 Å². The van der Waals surface area contributed by atoms with Gasteiger partial charge >= 0.3 is 5.97 Å². The van der Waals surface area contributed by atoms with Crippen molar-refractivity contribution in [2.24, 2.45) is 0 Å². The Hall–Kier alpha value is -1.89. The Bertz CT molecular complexity index is 524. The number of carboxylic acid groups (broad SMARTS) is 1. The molecule has 0 radical (unpaired) electrons. The number of unbranched alkanes of at least 4 members (excludes halogenated alkanes) is 1. The van der Waals surface area contributed by atoms with Gasteiger partial charge in [0.05, 0.1) is 9.95 Å². The van der Waals surface area contributed by atoms with Gasteiger partial charge in [0.1, 0.15) is 17.5 Å². The second-order valence-electron chi connectivity index (χ2n) is 4.22. The summed E-state index contributed by atoms with van der Waals surface area (Å²) in [4.78, 5) is 21.2. The van der Waals surface area contributed by atoms with E-state index < -0.39 is 28.4 Å². The van der Waals surface area contributed by atoms with Crippen molar-refractivity contribution in [2.45, 2.75) is 32.2 Å². The lowest BCUT2D eigenvalue weighted by Crippen LogP contribution is -2.29. The van der Waals surface area contributed by atoms with E-state index in [4.69, 9.17) is 16.7 Å². The van der Waals surface area contributed by atoms with Gasteiger partial charge in [-0.05, 0) is 6.42 Å². The molecule has 2 N–H and O–H groups in total. The van der Waals surface area contributed by atoms with E-state index in [1.165, 1.54) is 0 Å².